The van der Waals surface area contributed by atoms with E-state index in [1.165, 1.54) is 0 Å². The van der Waals surface area contributed by atoms with Gasteiger partial charge in [0, 0.05) is 0 Å². The molecule has 56 valence electrons. The second kappa shape index (κ2) is 12.0. The van der Waals surface area contributed by atoms with E-state index in [1.54, 1.807) is 0 Å². The van der Waals surface area contributed by atoms with Crippen molar-refractivity contribution in [2.24, 2.45) is 5.92 Å². The topological polar surface area (TPSA) is 57.5 Å². The maximum atomic E-state index is 8.56. The van der Waals surface area contributed by atoms with Crippen LogP contribution in [0.2, 0.25) is 0 Å². The summed E-state index contributed by atoms with van der Waals surface area (Å²) in [5, 5.41) is 13.9. The van der Waals surface area contributed by atoms with Crippen molar-refractivity contribution in [1.82, 2.24) is 0 Å². The van der Waals surface area contributed by atoms with Gasteiger partial charge in [-0.1, -0.05) is 19.8 Å². The van der Waals surface area contributed by atoms with Gasteiger partial charge >= 0.3 is 35.7 Å². The van der Waals surface area contributed by atoms with Gasteiger partial charge in [0.25, 0.3) is 0 Å². The minimum absolute atomic E-state index is 0. The summed E-state index contributed by atoms with van der Waals surface area (Å²) < 4.78 is 0. The van der Waals surface area contributed by atoms with Gasteiger partial charge in [-0.3, -0.25) is 0 Å². The molecule has 0 unspecified atom stereocenters. The fourth-order valence-corrected chi connectivity index (χ4v) is 0. The first-order valence-electron chi connectivity index (χ1n) is 2.71. The molecule has 2 N–H and O–H groups in total. The van der Waals surface area contributed by atoms with E-state index in [4.69, 9.17) is 15.0 Å². The second-order valence-electron chi connectivity index (χ2n) is 1.97. The molecule has 0 amide bonds. The van der Waals surface area contributed by atoms with Crippen molar-refractivity contribution >= 4 is 6.16 Å². The average Bonchev–Trinajstić information content (AvgIpc) is 1.65. The largest absolute Gasteiger partial charge is 1.00 e. The molecule has 0 saturated carbocycles. The minimum Gasteiger partial charge on any atom is -0.450 e. The standard InChI is InChI=1S/C5H11.CH2O3.Na/c1-4-5(2)3;2-1(3)4;/h5H,1,4H2,2-3H3;(H2,2,3,4);/q-1;;+1. The molecule has 4 heteroatoms. The summed E-state index contributed by atoms with van der Waals surface area (Å²) in [5.74, 6) is 0.773. The van der Waals surface area contributed by atoms with Crippen molar-refractivity contribution in [1.29, 1.82) is 0 Å². The first-order chi connectivity index (χ1) is 4.00. The first kappa shape index (κ1) is 16.7. The Kier molecular flexibility index (Phi) is 20.0. The van der Waals surface area contributed by atoms with E-state index in [0.29, 0.717) is 0 Å². The van der Waals surface area contributed by atoms with E-state index in [1.807, 2.05) is 0 Å². The van der Waals surface area contributed by atoms with Gasteiger partial charge in [-0.2, -0.15) is 6.42 Å². The summed E-state index contributed by atoms with van der Waals surface area (Å²) in [6.07, 6.45) is -0.778. The summed E-state index contributed by atoms with van der Waals surface area (Å²) in [6.45, 7) is 8.00. The molecular formula is C6H13NaO3. The maximum Gasteiger partial charge on any atom is 1.00 e. The average molecular weight is 156 g/mol. The van der Waals surface area contributed by atoms with Crippen LogP contribution >= 0.6 is 0 Å². The molecular weight excluding hydrogens is 143 g/mol. The van der Waals surface area contributed by atoms with Crippen LogP contribution in [-0.2, 0) is 0 Å². The van der Waals surface area contributed by atoms with E-state index < -0.39 is 6.16 Å². The molecule has 0 saturated heterocycles. The third kappa shape index (κ3) is 84.8. The van der Waals surface area contributed by atoms with Gasteiger partial charge in [0.15, 0.2) is 0 Å². The van der Waals surface area contributed by atoms with Gasteiger partial charge in [0.05, 0.1) is 0 Å². The van der Waals surface area contributed by atoms with Crippen LogP contribution in [0.15, 0.2) is 0 Å². The Morgan fingerprint density at radius 3 is 1.60 bits per heavy atom. The molecule has 10 heavy (non-hydrogen) atoms. The SMILES string of the molecule is O=C(O)O.[CH2-]CC(C)C.[Na+]. The van der Waals surface area contributed by atoms with Gasteiger partial charge in [-0.05, 0) is 0 Å². The number of rotatable bonds is 1. The van der Waals surface area contributed by atoms with Crippen LogP contribution in [0.4, 0.5) is 4.79 Å². The van der Waals surface area contributed by atoms with E-state index >= 15 is 0 Å². The predicted octanol–water partition coefficient (Wildman–Crippen LogP) is -0.907. The summed E-state index contributed by atoms with van der Waals surface area (Å²) in [5.41, 5.74) is 0. The van der Waals surface area contributed by atoms with E-state index in [-0.39, 0.29) is 29.6 Å². The Balaban J connectivity index is -0.0000000910. The molecule has 0 aromatic carbocycles. The quantitative estimate of drug-likeness (QED) is 0.382. The van der Waals surface area contributed by atoms with Crippen molar-refractivity contribution < 1.29 is 44.6 Å². The molecule has 0 aliphatic carbocycles. The maximum absolute atomic E-state index is 8.56. The summed E-state index contributed by atoms with van der Waals surface area (Å²) in [4.78, 5) is 8.56. The van der Waals surface area contributed by atoms with Crippen LogP contribution in [0.5, 0.6) is 0 Å². The Morgan fingerprint density at radius 1 is 1.50 bits per heavy atom. The van der Waals surface area contributed by atoms with Crippen molar-refractivity contribution in [3.05, 3.63) is 6.92 Å². The van der Waals surface area contributed by atoms with Crippen molar-refractivity contribution in [2.75, 3.05) is 0 Å². The third-order valence-electron chi connectivity index (χ3n) is 0.577. The summed E-state index contributed by atoms with van der Waals surface area (Å²) in [7, 11) is 0. The fraction of sp³-hybridized carbons (Fsp3) is 0.667. The van der Waals surface area contributed by atoms with Gasteiger partial charge in [0.1, 0.15) is 0 Å². The molecule has 0 radical (unpaired) electrons. The molecule has 0 aromatic rings. The number of carbonyl (C=O) groups is 1. The van der Waals surface area contributed by atoms with Crippen LogP contribution in [0.1, 0.15) is 20.3 Å². The molecule has 0 atom stereocenters. The van der Waals surface area contributed by atoms with Gasteiger partial charge in [-0.15, -0.1) is 0 Å². The van der Waals surface area contributed by atoms with Crippen LogP contribution in [-0.4, -0.2) is 16.4 Å². The number of hydrogen-bond donors (Lipinski definition) is 2. The zero-order valence-electron chi connectivity index (χ0n) is 6.79. The monoisotopic (exact) mass is 156 g/mol. The zero-order valence-corrected chi connectivity index (χ0v) is 8.79. The summed E-state index contributed by atoms with van der Waals surface area (Å²) in [6, 6.07) is 0. The van der Waals surface area contributed by atoms with Gasteiger partial charge in [-0.25, -0.2) is 4.79 Å². The molecule has 0 fully saturated rings. The molecule has 0 aliphatic heterocycles. The zero-order chi connectivity index (χ0) is 7.86. The Hall–Kier alpha value is 0.270. The van der Waals surface area contributed by atoms with E-state index in [9.17, 15) is 0 Å². The first-order valence-corrected chi connectivity index (χ1v) is 2.71. The second-order valence-corrected chi connectivity index (χ2v) is 1.97. The smallest absolute Gasteiger partial charge is 0.450 e. The van der Waals surface area contributed by atoms with Gasteiger partial charge in [0.2, 0.25) is 0 Å². The van der Waals surface area contributed by atoms with E-state index in [2.05, 4.69) is 20.8 Å². The van der Waals surface area contributed by atoms with Crippen molar-refractivity contribution in [3.8, 4) is 0 Å². The summed E-state index contributed by atoms with van der Waals surface area (Å²) >= 11 is 0. The Morgan fingerprint density at radius 2 is 1.60 bits per heavy atom. The molecule has 0 rings (SSSR count). The molecule has 0 aromatic heterocycles. The van der Waals surface area contributed by atoms with Crippen LogP contribution in [0.3, 0.4) is 0 Å². The molecule has 3 nitrogen and oxygen atoms in total. The predicted molar refractivity (Wildman–Crippen MR) is 35.5 cm³/mol. The number of carboxylic acid groups (broad SMARTS) is 2. The number of hydrogen-bond acceptors (Lipinski definition) is 1. The van der Waals surface area contributed by atoms with Crippen molar-refractivity contribution in [3.63, 3.8) is 0 Å². The van der Waals surface area contributed by atoms with Crippen LogP contribution in [0.25, 0.3) is 0 Å². The molecule has 0 bridgehead atoms. The molecule has 0 spiro atoms. The Labute approximate surface area is 83.7 Å². The normalized spacial score (nSPS) is 7.20. The van der Waals surface area contributed by atoms with E-state index in [0.717, 1.165) is 12.3 Å². The minimum atomic E-state index is -1.83. The molecule has 0 aliphatic rings. The fourth-order valence-electron chi connectivity index (χ4n) is 0. The van der Waals surface area contributed by atoms with Crippen LogP contribution < -0.4 is 29.6 Å². The molecule has 0 heterocycles. The van der Waals surface area contributed by atoms with Crippen LogP contribution in [0, 0.1) is 12.8 Å². The van der Waals surface area contributed by atoms with Gasteiger partial charge < -0.3 is 17.1 Å². The van der Waals surface area contributed by atoms with Crippen molar-refractivity contribution in [2.45, 2.75) is 20.3 Å². The Bertz CT molecular complexity index is 69.4. The third-order valence-corrected chi connectivity index (χ3v) is 0.577.